The Labute approximate surface area is 141 Å². The Balaban J connectivity index is 1.58. The Bertz CT molecular complexity index is 713. The monoisotopic (exact) mass is 323 g/mol. The largest absolute Gasteiger partial charge is 0.350 e. The van der Waals surface area contributed by atoms with Crippen LogP contribution in [0.4, 0.5) is 5.69 Å². The first-order chi connectivity index (χ1) is 11.6. The fourth-order valence-corrected chi connectivity index (χ4v) is 2.84. The van der Waals surface area contributed by atoms with Crippen molar-refractivity contribution in [2.24, 2.45) is 5.73 Å². The molecule has 24 heavy (non-hydrogen) atoms. The lowest BCUT2D eigenvalue weighted by Gasteiger charge is -2.16. The average Bonchev–Trinajstić information content (AvgIpc) is 3.06. The van der Waals surface area contributed by atoms with Crippen LogP contribution in [0.2, 0.25) is 0 Å². The summed E-state index contributed by atoms with van der Waals surface area (Å²) in [6, 6.07) is 16.5. The molecule has 0 radical (unpaired) electrons. The Morgan fingerprint density at radius 3 is 2.46 bits per heavy atom. The minimum Gasteiger partial charge on any atom is -0.350 e. The van der Waals surface area contributed by atoms with Gasteiger partial charge in [0.25, 0.3) is 5.91 Å². The van der Waals surface area contributed by atoms with Crippen LogP contribution >= 0.6 is 0 Å². The van der Waals surface area contributed by atoms with E-state index in [0.29, 0.717) is 18.5 Å². The average molecular weight is 323 g/mol. The quantitative estimate of drug-likeness (QED) is 0.886. The zero-order valence-corrected chi connectivity index (χ0v) is 13.4. The van der Waals surface area contributed by atoms with E-state index in [1.54, 1.807) is 17.0 Å². The van der Waals surface area contributed by atoms with Gasteiger partial charge in [0.05, 0.1) is 0 Å². The highest BCUT2D eigenvalue weighted by atomic mass is 16.2. The fraction of sp³-hybridized carbons (Fsp3) is 0.263. The molecule has 1 aliphatic heterocycles. The molecular weight excluding hydrogens is 302 g/mol. The van der Waals surface area contributed by atoms with Crippen LogP contribution in [0.1, 0.15) is 34.8 Å². The molecule has 2 aromatic carbocycles. The number of benzene rings is 2. The van der Waals surface area contributed by atoms with Crippen molar-refractivity contribution in [3.05, 3.63) is 65.7 Å². The molecule has 0 saturated carbocycles. The Hall–Kier alpha value is -2.66. The normalized spacial score (nSPS) is 15.4. The predicted octanol–water partition coefficient (Wildman–Crippen LogP) is 2.24. The molecule has 1 atom stereocenters. The van der Waals surface area contributed by atoms with Crippen molar-refractivity contribution in [1.82, 2.24) is 5.32 Å². The van der Waals surface area contributed by atoms with E-state index in [-0.39, 0.29) is 17.9 Å². The highest BCUT2D eigenvalue weighted by Crippen LogP contribution is 2.21. The summed E-state index contributed by atoms with van der Waals surface area (Å²) in [5.41, 5.74) is 8.47. The van der Waals surface area contributed by atoms with Gasteiger partial charge in [-0.25, -0.2) is 0 Å². The fourth-order valence-electron chi connectivity index (χ4n) is 2.84. The second-order valence-electron chi connectivity index (χ2n) is 5.92. The highest BCUT2D eigenvalue weighted by molar-refractivity contribution is 5.97. The summed E-state index contributed by atoms with van der Waals surface area (Å²) in [7, 11) is 0. The van der Waals surface area contributed by atoms with Gasteiger partial charge in [0.15, 0.2) is 0 Å². The van der Waals surface area contributed by atoms with Crippen molar-refractivity contribution in [3.8, 4) is 0 Å². The molecule has 5 nitrogen and oxygen atoms in total. The van der Waals surface area contributed by atoms with Crippen LogP contribution in [-0.4, -0.2) is 24.9 Å². The van der Waals surface area contributed by atoms with Crippen molar-refractivity contribution in [2.45, 2.75) is 18.9 Å². The van der Waals surface area contributed by atoms with Gasteiger partial charge in [0.1, 0.15) is 0 Å². The van der Waals surface area contributed by atoms with Crippen molar-refractivity contribution < 1.29 is 9.59 Å². The summed E-state index contributed by atoms with van der Waals surface area (Å²) in [5, 5.41) is 2.85. The van der Waals surface area contributed by atoms with E-state index in [9.17, 15) is 9.59 Å². The maximum Gasteiger partial charge on any atom is 0.251 e. The first kappa shape index (κ1) is 16.2. The van der Waals surface area contributed by atoms with Crippen molar-refractivity contribution in [1.29, 1.82) is 0 Å². The van der Waals surface area contributed by atoms with E-state index >= 15 is 0 Å². The molecule has 0 aromatic heterocycles. The number of anilines is 1. The van der Waals surface area contributed by atoms with Gasteiger partial charge in [-0.2, -0.15) is 0 Å². The lowest BCUT2D eigenvalue weighted by Crippen LogP contribution is -2.32. The number of hydrogen-bond acceptors (Lipinski definition) is 3. The van der Waals surface area contributed by atoms with Gasteiger partial charge < -0.3 is 16.0 Å². The zero-order chi connectivity index (χ0) is 16.9. The third-order valence-electron chi connectivity index (χ3n) is 4.22. The lowest BCUT2D eigenvalue weighted by atomic mass is 10.1. The minimum atomic E-state index is -0.239. The molecular formula is C19H21N3O2. The van der Waals surface area contributed by atoms with Gasteiger partial charge in [-0.3, -0.25) is 9.59 Å². The highest BCUT2D eigenvalue weighted by Gasteiger charge is 2.21. The van der Waals surface area contributed by atoms with Crippen LogP contribution in [0.25, 0.3) is 0 Å². The van der Waals surface area contributed by atoms with Gasteiger partial charge in [0.2, 0.25) is 5.91 Å². The molecule has 1 aliphatic rings. The molecule has 0 aliphatic carbocycles. The van der Waals surface area contributed by atoms with Crippen LogP contribution in [0.5, 0.6) is 0 Å². The van der Waals surface area contributed by atoms with Gasteiger partial charge in [0, 0.05) is 36.8 Å². The van der Waals surface area contributed by atoms with E-state index in [1.165, 1.54) is 0 Å². The van der Waals surface area contributed by atoms with Crippen molar-refractivity contribution >= 4 is 17.5 Å². The second-order valence-corrected chi connectivity index (χ2v) is 5.92. The molecule has 0 spiro atoms. The number of hydrogen-bond donors (Lipinski definition) is 2. The number of nitrogens with two attached hydrogens (primary N) is 1. The topological polar surface area (TPSA) is 75.4 Å². The lowest BCUT2D eigenvalue weighted by molar-refractivity contribution is -0.117. The van der Waals surface area contributed by atoms with E-state index < -0.39 is 0 Å². The standard InChI is InChI=1S/C19H21N3O2/c20-17(14-5-2-1-3-6-14)13-21-19(24)15-8-10-16(11-9-15)22-12-4-7-18(22)23/h1-3,5-6,8-11,17H,4,7,12-13,20H2,(H,21,24). The third-order valence-corrected chi connectivity index (χ3v) is 4.22. The van der Waals surface area contributed by atoms with Crippen molar-refractivity contribution in [2.75, 3.05) is 18.0 Å². The summed E-state index contributed by atoms with van der Waals surface area (Å²) in [4.78, 5) is 25.7. The summed E-state index contributed by atoms with van der Waals surface area (Å²) in [6.07, 6.45) is 1.48. The van der Waals surface area contributed by atoms with E-state index in [0.717, 1.165) is 24.2 Å². The number of rotatable bonds is 5. The Morgan fingerprint density at radius 2 is 1.83 bits per heavy atom. The smallest absolute Gasteiger partial charge is 0.251 e. The van der Waals surface area contributed by atoms with Crippen LogP contribution in [-0.2, 0) is 4.79 Å². The number of nitrogens with zero attached hydrogens (tertiary/aromatic N) is 1. The first-order valence-electron chi connectivity index (χ1n) is 8.14. The Morgan fingerprint density at radius 1 is 1.12 bits per heavy atom. The molecule has 1 unspecified atom stereocenters. The molecule has 5 heteroatoms. The molecule has 2 aromatic rings. The molecule has 124 valence electrons. The van der Waals surface area contributed by atoms with Gasteiger partial charge >= 0.3 is 0 Å². The van der Waals surface area contributed by atoms with Crippen LogP contribution in [0.15, 0.2) is 54.6 Å². The van der Waals surface area contributed by atoms with Gasteiger partial charge in [-0.15, -0.1) is 0 Å². The van der Waals surface area contributed by atoms with E-state index in [4.69, 9.17) is 5.73 Å². The first-order valence-corrected chi connectivity index (χ1v) is 8.14. The summed E-state index contributed by atoms with van der Waals surface area (Å²) in [6.45, 7) is 1.12. The zero-order valence-electron chi connectivity index (χ0n) is 13.4. The summed E-state index contributed by atoms with van der Waals surface area (Å²) >= 11 is 0. The molecule has 3 N–H and O–H groups in total. The maximum atomic E-state index is 12.2. The second kappa shape index (κ2) is 7.27. The maximum absolute atomic E-state index is 12.2. The van der Waals surface area contributed by atoms with Crippen molar-refractivity contribution in [3.63, 3.8) is 0 Å². The third kappa shape index (κ3) is 3.63. The summed E-state index contributed by atoms with van der Waals surface area (Å²) < 4.78 is 0. The molecule has 1 saturated heterocycles. The predicted molar refractivity (Wildman–Crippen MR) is 93.7 cm³/mol. The minimum absolute atomic E-state index is 0.140. The number of amides is 2. The van der Waals surface area contributed by atoms with Gasteiger partial charge in [-0.1, -0.05) is 30.3 Å². The molecule has 1 heterocycles. The number of carbonyl (C=O) groups excluding carboxylic acids is 2. The molecule has 2 amide bonds. The molecule has 3 rings (SSSR count). The Kier molecular flexibility index (Phi) is 4.91. The van der Waals surface area contributed by atoms with Crippen LogP contribution in [0.3, 0.4) is 0 Å². The summed E-state index contributed by atoms with van der Waals surface area (Å²) in [5.74, 6) is -0.0262. The number of nitrogens with one attached hydrogen (secondary N) is 1. The molecule has 0 bridgehead atoms. The SMILES string of the molecule is NC(CNC(=O)c1ccc(N2CCCC2=O)cc1)c1ccccc1. The van der Waals surface area contributed by atoms with Gasteiger partial charge in [-0.05, 0) is 36.2 Å². The van der Waals surface area contributed by atoms with E-state index in [1.807, 2.05) is 42.5 Å². The number of carbonyl (C=O) groups is 2. The van der Waals surface area contributed by atoms with Crippen LogP contribution < -0.4 is 16.0 Å². The van der Waals surface area contributed by atoms with E-state index in [2.05, 4.69) is 5.32 Å². The van der Waals surface area contributed by atoms with Crippen LogP contribution in [0, 0.1) is 0 Å². The molecule has 1 fully saturated rings.